The largest absolute Gasteiger partial charge is 0.379 e. The summed E-state index contributed by atoms with van der Waals surface area (Å²) < 4.78 is 1.84. The van der Waals surface area contributed by atoms with Crippen LogP contribution in [-0.2, 0) is 6.54 Å². The van der Waals surface area contributed by atoms with Crippen molar-refractivity contribution in [1.29, 1.82) is 0 Å². The van der Waals surface area contributed by atoms with Gasteiger partial charge in [-0.25, -0.2) is 9.67 Å². The van der Waals surface area contributed by atoms with Crippen LogP contribution < -0.4 is 5.32 Å². The van der Waals surface area contributed by atoms with E-state index in [-0.39, 0.29) is 0 Å². The van der Waals surface area contributed by atoms with Gasteiger partial charge in [0.15, 0.2) is 0 Å². The summed E-state index contributed by atoms with van der Waals surface area (Å²) in [6.07, 6.45) is 5.54. The van der Waals surface area contributed by atoms with Crippen molar-refractivity contribution in [1.82, 2.24) is 19.7 Å². The number of hydrogen-bond donors (Lipinski definition) is 2. The van der Waals surface area contributed by atoms with Gasteiger partial charge in [0, 0.05) is 18.1 Å². The van der Waals surface area contributed by atoms with Gasteiger partial charge in [-0.1, -0.05) is 0 Å². The number of H-pyrrole nitrogens is 1. The lowest BCUT2D eigenvalue weighted by molar-refractivity contribution is 0.880. The van der Waals surface area contributed by atoms with Crippen molar-refractivity contribution >= 4 is 5.69 Å². The van der Waals surface area contributed by atoms with Crippen molar-refractivity contribution in [2.45, 2.75) is 13.5 Å². The zero-order valence-electron chi connectivity index (χ0n) is 10.7. The fourth-order valence-electron chi connectivity index (χ4n) is 1.91. The summed E-state index contributed by atoms with van der Waals surface area (Å²) in [5, 5.41) is 7.54. The van der Waals surface area contributed by atoms with Crippen LogP contribution in [0.3, 0.4) is 0 Å². The van der Waals surface area contributed by atoms with Gasteiger partial charge in [0.05, 0.1) is 24.1 Å². The Hall–Kier alpha value is -2.56. The average Bonchev–Trinajstić information content (AvgIpc) is 3.08. The SMILES string of the molecule is Cc1ncc(CNc2ccc(-n3cccn3)cc2)[nH]1. The minimum Gasteiger partial charge on any atom is -0.379 e. The molecule has 0 spiro atoms. The Labute approximate surface area is 111 Å². The van der Waals surface area contributed by atoms with E-state index in [9.17, 15) is 0 Å². The lowest BCUT2D eigenvalue weighted by Gasteiger charge is -2.06. The number of rotatable bonds is 4. The Morgan fingerprint density at radius 2 is 2.11 bits per heavy atom. The van der Waals surface area contributed by atoms with Crippen molar-refractivity contribution in [3.8, 4) is 5.69 Å². The molecule has 3 rings (SSSR count). The highest BCUT2D eigenvalue weighted by atomic mass is 15.3. The number of aromatic amines is 1. The molecule has 96 valence electrons. The molecule has 2 aromatic heterocycles. The molecule has 2 N–H and O–H groups in total. The molecule has 1 aromatic carbocycles. The zero-order valence-corrected chi connectivity index (χ0v) is 10.7. The number of aryl methyl sites for hydroxylation is 1. The highest BCUT2D eigenvalue weighted by Gasteiger charge is 1.99. The van der Waals surface area contributed by atoms with Crippen molar-refractivity contribution in [3.63, 3.8) is 0 Å². The van der Waals surface area contributed by atoms with Crippen LogP contribution in [0, 0.1) is 6.92 Å². The van der Waals surface area contributed by atoms with E-state index in [0.29, 0.717) is 0 Å². The van der Waals surface area contributed by atoms with E-state index in [1.54, 1.807) is 6.20 Å². The summed E-state index contributed by atoms with van der Waals surface area (Å²) in [4.78, 5) is 7.36. The third kappa shape index (κ3) is 2.65. The van der Waals surface area contributed by atoms with Crippen LogP contribution in [0.2, 0.25) is 0 Å². The molecule has 0 aliphatic rings. The highest BCUT2D eigenvalue weighted by Crippen LogP contribution is 2.13. The molecule has 3 aromatic rings. The predicted octanol–water partition coefficient (Wildman–Crippen LogP) is 2.52. The number of nitrogens with zero attached hydrogens (tertiary/aromatic N) is 3. The first kappa shape index (κ1) is 11.5. The van der Waals surface area contributed by atoms with Crippen LogP contribution in [-0.4, -0.2) is 19.7 Å². The molecule has 19 heavy (non-hydrogen) atoms. The molecule has 0 fully saturated rings. The Morgan fingerprint density at radius 3 is 2.74 bits per heavy atom. The molecule has 0 aliphatic carbocycles. The van der Waals surface area contributed by atoms with Crippen LogP contribution in [0.5, 0.6) is 0 Å². The number of anilines is 1. The lowest BCUT2D eigenvalue weighted by Crippen LogP contribution is -2.00. The van der Waals surface area contributed by atoms with E-state index < -0.39 is 0 Å². The lowest BCUT2D eigenvalue weighted by atomic mass is 10.3. The van der Waals surface area contributed by atoms with E-state index in [1.165, 1.54) is 0 Å². The first-order valence-electron chi connectivity index (χ1n) is 6.16. The van der Waals surface area contributed by atoms with Gasteiger partial charge in [0.1, 0.15) is 5.82 Å². The second-order valence-corrected chi connectivity index (χ2v) is 4.34. The molecular formula is C14H15N5. The van der Waals surface area contributed by atoms with Gasteiger partial charge in [0.25, 0.3) is 0 Å². The molecule has 0 radical (unpaired) electrons. The molecule has 5 nitrogen and oxygen atoms in total. The molecule has 5 heteroatoms. The summed E-state index contributed by atoms with van der Waals surface area (Å²) in [5.74, 6) is 0.936. The second-order valence-electron chi connectivity index (χ2n) is 4.34. The van der Waals surface area contributed by atoms with Gasteiger partial charge >= 0.3 is 0 Å². The van der Waals surface area contributed by atoms with Crippen LogP contribution >= 0.6 is 0 Å². The Kier molecular flexibility index (Phi) is 3.02. The maximum absolute atomic E-state index is 4.20. The van der Waals surface area contributed by atoms with Gasteiger partial charge in [-0.2, -0.15) is 5.10 Å². The fraction of sp³-hybridized carbons (Fsp3) is 0.143. The van der Waals surface area contributed by atoms with E-state index >= 15 is 0 Å². The third-order valence-electron chi connectivity index (χ3n) is 2.87. The summed E-state index contributed by atoms with van der Waals surface area (Å²) in [6, 6.07) is 10.1. The van der Waals surface area contributed by atoms with Crippen molar-refractivity contribution in [2.75, 3.05) is 5.32 Å². The minimum atomic E-state index is 0.738. The number of aromatic nitrogens is 4. The van der Waals surface area contributed by atoms with Crippen molar-refractivity contribution in [2.24, 2.45) is 0 Å². The van der Waals surface area contributed by atoms with Crippen molar-refractivity contribution < 1.29 is 0 Å². The molecular weight excluding hydrogens is 238 g/mol. The quantitative estimate of drug-likeness (QED) is 0.751. The summed E-state index contributed by atoms with van der Waals surface area (Å²) in [7, 11) is 0. The standard InChI is InChI=1S/C14H15N5/c1-11-15-9-13(18-11)10-16-12-3-5-14(6-4-12)19-8-2-7-17-19/h2-9,16H,10H2,1H3,(H,15,18). The number of nitrogens with one attached hydrogen (secondary N) is 2. The van der Waals surface area contributed by atoms with Crippen LogP contribution in [0.4, 0.5) is 5.69 Å². The summed E-state index contributed by atoms with van der Waals surface area (Å²) in [6.45, 7) is 2.68. The zero-order chi connectivity index (χ0) is 13.1. The third-order valence-corrected chi connectivity index (χ3v) is 2.87. The molecule has 2 heterocycles. The van der Waals surface area contributed by atoms with Crippen molar-refractivity contribution in [3.05, 3.63) is 60.4 Å². The van der Waals surface area contributed by atoms with Crippen LogP contribution in [0.1, 0.15) is 11.5 Å². The topological polar surface area (TPSA) is 58.5 Å². The van der Waals surface area contributed by atoms with Gasteiger partial charge < -0.3 is 10.3 Å². The molecule has 0 aliphatic heterocycles. The van der Waals surface area contributed by atoms with Gasteiger partial charge in [-0.15, -0.1) is 0 Å². The Morgan fingerprint density at radius 1 is 1.26 bits per heavy atom. The van der Waals surface area contributed by atoms with E-state index in [2.05, 4.69) is 20.4 Å². The predicted molar refractivity (Wildman–Crippen MR) is 74.2 cm³/mol. The Balaban J connectivity index is 1.66. The second kappa shape index (κ2) is 4.97. The molecule has 0 saturated carbocycles. The van der Waals surface area contributed by atoms with E-state index in [1.807, 2.05) is 54.3 Å². The van der Waals surface area contributed by atoms with Gasteiger partial charge in [0.2, 0.25) is 0 Å². The fourth-order valence-corrected chi connectivity index (χ4v) is 1.91. The normalized spacial score (nSPS) is 10.6. The summed E-state index contributed by atoms with van der Waals surface area (Å²) in [5.41, 5.74) is 3.20. The maximum Gasteiger partial charge on any atom is 0.103 e. The van der Waals surface area contributed by atoms with Gasteiger partial charge in [-0.05, 0) is 37.3 Å². The molecule has 0 amide bonds. The minimum absolute atomic E-state index is 0.738. The number of hydrogen-bond acceptors (Lipinski definition) is 3. The first-order valence-corrected chi connectivity index (χ1v) is 6.16. The number of imidazole rings is 1. The maximum atomic E-state index is 4.20. The highest BCUT2D eigenvalue weighted by molar-refractivity contribution is 5.48. The van der Waals surface area contributed by atoms with Crippen LogP contribution in [0.15, 0.2) is 48.9 Å². The molecule has 0 bridgehead atoms. The van der Waals surface area contributed by atoms with E-state index in [0.717, 1.165) is 29.4 Å². The smallest absolute Gasteiger partial charge is 0.103 e. The molecule has 0 unspecified atom stereocenters. The van der Waals surface area contributed by atoms with E-state index in [4.69, 9.17) is 0 Å². The monoisotopic (exact) mass is 253 g/mol. The summed E-state index contributed by atoms with van der Waals surface area (Å²) >= 11 is 0. The average molecular weight is 253 g/mol. The molecule has 0 atom stereocenters. The number of benzene rings is 1. The van der Waals surface area contributed by atoms with Gasteiger partial charge in [-0.3, -0.25) is 0 Å². The Bertz CT molecular complexity index is 637. The van der Waals surface area contributed by atoms with Crippen LogP contribution in [0.25, 0.3) is 5.69 Å². The molecule has 0 saturated heterocycles. The first-order chi connectivity index (χ1) is 9.31.